The molecule has 1 fully saturated rings. The molecule has 0 radical (unpaired) electrons. The van der Waals surface area contributed by atoms with Gasteiger partial charge in [0.05, 0.1) is 5.69 Å². The molecule has 0 aliphatic carbocycles. The Morgan fingerprint density at radius 3 is 2.62 bits per heavy atom. The number of rotatable bonds is 5. The van der Waals surface area contributed by atoms with Crippen molar-refractivity contribution >= 4 is 5.91 Å². The Bertz CT molecular complexity index is 1080. The SMILES string of the molecule is O=C(NC1CCCN(Cc2ccccc2)C1)c1nnn(-c2cccc(F)c2)c1C(F)(F)F. The van der Waals surface area contributed by atoms with E-state index in [4.69, 9.17) is 0 Å². The van der Waals surface area contributed by atoms with E-state index >= 15 is 0 Å². The van der Waals surface area contributed by atoms with E-state index in [9.17, 15) is 22.4 Å². The first-order valence-corrected chi connectivity index (χ1v) is 10.2. The molecule has 10 heteroatoms. The minimum absolute atomic E-state index is 0.171. The van der Waals surface area contributed by atoms with Gasteiger partial charge in [0.15, 0.2) is 11.4 Å². The van der Waals surface area contributed by atoms with E-state index in [0.29, 0.717) is 24.2 Å². The number of nitrogens with one attached hydrogen (secondary N) is 1. The predicted molar refractivity (Wildman–Crippen MR) is 109 cm³/mol. The van der Waals surface area contributed by atoms with Crippen molar-refractivity contribution in [3.05, 3.63) is 77.4 Å². The first kappa shape index (κ1) is 21.9. The molecule has 0 spiro atoms. The number of hydrogen-bond donors (Lipinski definition) is 1. The molecule has 1 unspecified atom stereocenters. The molecule has 168 valence electrons. The molecule has 1 aromatic heterocycles. The normalized spacial score (nSPS) is 17.3. The van der Waals surface area contributed by atoms with Gasteiger partial charge in [-0.1, -0.05) is 41.6 Å². The maximum Gasteiger partial charge on any atom is 0.435 e. The smallest absolute Gasteiger partial charge is 0.347 e. The third kappa shape index (κ3) is 4.96. The van der Waals surface area contributed by atoms with Gasteiger partial charge in [-0.3, -0.25) is 9.69 Å². The van der Waals surface area contributed by atoms with Crippen molar-refractivity contribution in [3.63, 3.8) is 0 Å². The third-order valence-corrected chi connectivity index (χ3v) is 5.30. The fourth-order valence-electron chi connectivity index (χ4n) is 3.89. The number of carbonyl (C=O) groups excluding carboxylic acids is 1. The lowest BCUT2D eigenvalue weighted by Crippen LogP contribution is -2.47. The van der Waals surface area contributed by atoms with Crippen molar-refractivity contribution in [3.8, 4) is 5.69 Å². The summed E-state index contributed by atoms with van der Waals surface area (Å²) in [5.41, 5.74) is -1.22. The monoisotopic (exact) mass is 447 g/mol. The molecule has 1 amide bonds. The fraction of sp³-hybridized carbons (Fsp3) is 0.318. The van der Waals surface area contributed by atoms with Gasteiger partial charge in [0.1, 0.15) is 5.82 Å². The summed E-state index contributed by atoms with van der Waals surface area (Å²) in [4.78, 5) is 14.9. The van der Waals surface area contributed by atoms with Gasteiger partial charge in [-0.25, -0.2) is 9.07 Å². The van der Waals surface area contributed by atoms with Crippen LogP contribution in [0.15, 0.2) is 54.6 Å². The Labute approximate surface area is 181 Å². The van der Waals surface area contributed by atoms with Gasteiger partial charge in [-0.15, -0.1) is 5.10 Å². The standard InChI is InChI=1S/C22H21F4N5O/c23-16-8-4-10-18(12-16)31-20(22(24,25)26)19(28-29-31)21(32)27-17-9-5-11-30(14-17)13-15-6-2-1-3-7-15/h1-4,6-8,10,12,17H,5,9,11,13-14H2,(H,27,32). The molecule has 0 saturated carbocycles. The van der Waals surface area contributed by atoms with Crippen molar-refractivity contribution in [2.45, 2.75) is 31.6 Å². The summed E-state index contributed by atoms with van der Waals surface area (Å²) in [6.07, 6.45) is -3.45. The summed E-state index contributed by atoms with van der Waals surface area (Å²) in [5.74, 6) is -1.68. The van der Waals surface area contributed by atoms with Crippen LogP contribution in [-0.2, 0) is 12.7 Å². The van der Waals surface area contributed by atoms with E-state index in [1.165, 1.54) is 12.1 Å². The highest BCUT2D eigenvalue weighted by atomic mass is 19.4. The molecule has 1 aliphatic heterocycles. The minimum Gasteiger partial charge on any atom is -0.347 e. The largest absolute Gasteiger partial charge is 0.435 e. The topological polar surface area (TPSA) is 63.1 Å². The van der Waals surface area contributed by atoms with E-state index < -0.39 is 29.3 Å². The first-order valence-electron chi connectivity index (χ1n) is 10.2. The van der Waals surface area contributed by atoms with Crippen molar-refractivity contribution < 1.29 is 22.4 Å². The molecule has 1 aliphatic rings. The fourth-order valence-corrected chi connectivity index (χ4v) is 3.89. The van der Waals surface area contributed by atoms with Gasteiger partial charge in [0, 0.05) is 19.1 Å². The van der Waals surface area contributed by atoms with Crippen LogP contribution in [0.2, 0.25) is 0 Å². The van der Waals surface area contributed by atoms with Crippen molar-refractivity contribution in [2.24, 2.45) is 0 Å². The lowest BCUT2D eigenvalue weighted by molar-refractivity contribution is -0.143. The number of hydrogen-bond acceptors (Lipinski definition) is 4. The Morgan fingerprint density at radius 1 is 1.12 bits per heavy atom. The maximum atomic E-state index is 13.8. The first-order chi connectivity index (χ1) is 15.3. The average molecular weight is 447 g/mol. The second-order valence-corrected chi connectivity index (χ2v) is 7.71. The average Bonchev–Trinajstić information content (AvgIpc) is 3.21. The number of halogens is 4. The van der Waals surface area contributed by atoms with Crippen LogP contribution in [0.5, 0.6) is 0 Å². The summed E-state index contributed by atoms with van der Waals surface area (Å²) in [6.45, 7) is 2.04. The summed E-state index contributed by atoms with van der Waals surface area (Å²) >= 11 is 0. The van der Waals surface area contributed by atoms with Gasteiger partial charge in [-0.2, -0.15) is 13.2 Å². The van der Waals surface area contributed by atoms with Crippen LogP contribution in [-0.4, -0.2) is 44.9 Å². The molecule has 3 aromatic rings. The van der Waals surface area contributed by atoms with Crippen LogP contribution in [0.1, 0.15) is 34.6 Å². The summed E-state index contributed by atoms with van der Waals surface area (Å²) in [7, 11) is 0. The lowest BCUT2D eigenvalue weighted by Gasteiger charge is -2.33. The molecular formula is C22H21F4N5O. The van der Waals surface area contributed by atoms with Gasteiger partial charge in [0.25, 0.3) is 5.91 Å². The molecular weight excluding hydrogens is 426 g/mol. The molecule has 2 heterocycles. The highest BCUT2D eigenvalue weighted by Crippen LogP contribution is 2.33. The molecule has 6 nitrogen and oxygen atoms in total. The van der Waals surface area contributed by atoms with Gasteiger partial charge < -0.3 is 5.32 Å². The van der Waals surface area contributed by atoms with Crippen LogP contribution in [0, 0.1) is 5.82 Å². The van der Waals surface area contributed by atoms with E-state index in [-0.39, 0.29) is 11.7 Å². The van der Waals surface area contributed by atoms with Gasteiger partial charge >= 0.3 is 6.18 Å². The molecule has 0 bridgehead atoms. The zero-order chi connectivity index (χ0) is 22.7. The molecule has 4 rings (SSSR count). The van der Waals surface area contributed by atoms with E-state index in [0.717, 1.165) is 30.7 Å². The van der Waals surface area contributed by atoms with Crippen LogP contribution < -0.4 is 5.32 Å². The van der Waals surface area contributed by atoms with Gasteiger partial charge in [0.2, 0.25) is 0 Å². The second kappa shape index (κ2) is 9.07. The number of likely N-dealkylation sites (tertiary alicyclic amines) is 1. The van der Waals surface area contributed by atoms with Crippen LogP contribution >= 0.6 is 0 Å². The number of aromatic nitrogens is 3. The second-order valence-electron chi connectivity index (χ2n) is 7.71. The Kier molecular flexibility index (Phi) is 6.22. The minimum atomic E-state index is -4.91. The number of benzene rings is 2. The van der Waals surface area contributed by atoms with Crippen LogP contribution in [0.4, 0.5) is 17.6 Å². The quantitative estimate of drug-likeness (QED) is 0.604. The third-order valence-electron chi connectivity index (χ3n) is 5.30. The Balaban J connectivity index is 1.52. The molecule has 1 saturated heterocycles. The van der Waals surface area contributed by atoms with Crippen LogP contribution in [0.3, 0.4) is 0 Å². The zero-order valence-electron chi connectivity index (χ0n) is 17.0. The molecule has 2 aromatic carbocycles. The molecule has 1 atom stereocenters. The Hall–Kier alpha value is -3.27. The van der Waals surface area contributed by atoms with Gasteiger partial charge in [-0.05, 0) is 43.1 Å². The summed E-state index contributed by atoms with van der Waals surface area (Å²) in [6, 6.07) is 14.0. The number of amides is 1. The highest BCUT2D eigenvalue weighted by molar-refractivity contribution is 5.93. The highest BCUT2D eigenvalue weighted by Gasteiger charge is 2.42. The van der Waals surface area contributed by atoms with E-state index in [1.54, 1.807) is 0 Å². The number of alkyl halides is 3. The zero-order valence-corrected chi connectivity index (χ0v) is 17.0. The van der Waals surface area contributed by atoms with E-state index in [1.807, 2.05) is 30.3 Å². The van der Waals surface area contributed by atoms with Crippen molar-refractivity contribution in [1.82, 2.24) is 25.2 Å². The van der Waals surface area contributed by atoms with Crippen molar-refractivity contribution in [2.75, 3.05) is 13.1 Å². The summed E-state index contributed by atoms with van der Waals surface area (Å²) < 4.78 is 55.3. The lowest BCUT2D eigenvalue weighted by atomic mass is 10.0. The summed E-state index contributed by atoms with van der Waals surface area (Å²) in [5, 5.41) is 9.64. The maximum absolute atomic E-state index is 13.8. The van der Waals surface area contributed by atoms with Crippen LogP contribution in [0.25, 0.3) is 5.69 Å². The number of nitrogens with zero attached hydrogens (tertiary/aromatic N) is 4. The predicted octanol–water partition coefficient (Wildman–Crippen LogP) is 3.82. The Morgan fingerprint density at radius 2 is 1.91 bits per heavy atom. The van der Waals surface area contributed by atoms with Crippen molar-refractivity contribution in [1.29, 1.82) is 0 Å². The number of carbonyl (C=O) groups is 1. The van der Waals surface area contributed by atoms with E-state index in [2.05, 4.69) is 20.5 Å². The molecule has 32 heavy (non-hydrogen) atoms. The number of piperidine rings is 1. The molecule has 1 N–H and O–H groups in total.